The third-order valence-corrected chi connectivity index (χ3v) is 2.73. The highest BCUT2D eigenvalue weighted by atomic mass is 16.6. The van der Waals surface area contributed by atoms with Crippen molar-refractivity contribution in [2.24, 2.45) is 5.92 Å². The van der Waals surface area contributed by atoms with Crippen molar-refractivity contribution in [1.29, 1.82) is 5.26 Å². The molecule has 0 bridgehead atoms. The predicted molar refractivity (Wildman–Crippen MR) is 70.0 cm³/mol. The number of anilines is 1. The lowest BCUT2D eigenvalue weighted by molar-refractivity contribution is 0.127. The Bertz CT molecular complexity index is 490. The zero-order chi connectivity index (χ0) is 13.8. The number of benzene rings is 1. The quantitative estimate of drug-likeness (QED) is 0.838. The summed E-state index contributed by atoms with van der Waals surface area (Å²) in [5.74, 6) is 0.463. The molecule has 2 rings (SSSR count). The minimum atomic E-state index is -0.413. The molecular weight excluding hydrogens is 244 g/mol. The highest BCUT2D eigenvalue weighted by molar-refractivity contribution is 5.88. The molecule has 100 valence electrons. The highest BCUT2D eigenvalue weighted by Gasteiger charge is 2.28. The molecule has 0 radical (unpaired) electrons. The Hall–Kier alpha value is -2.22. The normalized spacial score (nSPS) is 18.9. The third-order valence-electron chi connectivity index (χ3n) is 2.73. The number of carbonyl (C=O) groups excluding carboxylic acids is 1. The summed E-state index contributed by atoms with van der Waals surface area (Å²) in [7, 11) is 0. The second kappa shape index (κ2) is 5.61. The molecule has 5 nitrogen and oxygen atoms in total. The van der Waals surface area contributed by atoms with Gasteiger partial charge >= 0.3 is 6.09 Å². The summed E-state index contributed by atoms with van der Waals surface area (Å²) >= 11 is 0. The molecule has 0 N–H and O–H groups in total. The fraction of sp³-hybridized carbons (Fsp3) is 0.429. The van der Waals surface area contributed by atoms with Crippen LogP contribution in [0.4, 0.5) is 10.5 Å². The van der Waals surface area contributed by atoms with Gasteiger partial charge in [-0.2, -0.15) is 5.26 Å². The highest BCUT2D eigenvalue weighted by Crippen LogP contribution is 2.24. The fourth-order valence-electron chi connectivity index (χ4n) is 1.86. The number of rotatable bonds is 3. The Kier molecular flexibility index (Phi) is 3.91. The molecule has 0 spiro atoms. The molecule has 1 amide bonds. The molecular formula is C14H16N2O3. The zero-order valence-corrected chi connectivity index (χ0v) is 11.0. The Morgan fingerprint density at radius 1 is 1.42 bits per heavy atom. The zero-order valence-electron chi connectivity index (χ0n) is 11.0. The Morgan fingerprint density at radius 3 is 2.68 bits per heavy atom. The van der Waals surface area contributed by atoms with Gasteiger partial charge in [-0.3, -0.25) is 4.90 Å². The first-order chi connectivity index (χ1) is 9.10. The summed E-state index contributed by atoms with van der Waals surface area (Å²) in [6, 6.07) is 9.31. The number of hydrogen-bond donors (Lipinski definition) is 0. The van der Waals surface area contributed by atoms with Gasteiger partial charge in [0, 0.05) is 12.2 Å². The van der Waals surface area contributed by atoms with Crippen LogP contribution in [0.5, 0.6) is 5.75 Å². The molecule has 0 saturated carbocycles. The van der Waals surface area contributed by atoms with Crippen molar-refractivity contribution < 1.29 is 14.3 Å². The first-order valence-electron chi connectivity index (χ1n) is 6.21. The van der Waals surface area contributed by atoms with E-state index in [0.717, 1.165) is 5.75 Å². The van der Waals surface area contributed by atoms with E-state index in [1.54, 1.807) is 24.3 Å². The minimum absolute atomic E-state index is 0.105. The van der Waals surface area contributed by atoms with Crippen molar-refractivity contribution in [3.8, 4) is 11.8 Å². The molecule has 1 aromatic carbocycles. The average Bonchev–Trinajstić information content (AvgIpc) is 2.40. The number of nitrogens with zero attached hydrogens (tertiary/aromatic N) is 2. The topological polar surface area (TPSA) is 62.6 Å². The summed E-state index contributed by atoms with van der Waals surface area (Å²) in [6.45, 7) is 4.43. The standard InChI is InChI=1S/C14H16N2O3/c1-10(2)19-13-5-3-12(4-6-13)16-8-11(7-15)9-18-14(16)17/h3-6,10-11H,8-9H2,1-2H3. The van der Waals surface area contributed by atoms with Crippen LogP contribution in [0, 0.1) is 17.2 Å². The number of hydrogen-bond acceptors (Lipinski definition) is 4. The van der Waals surface area contributed by atoms with Crippen LogP contribution in [0.15, 0.2) is 24.3 Å². The predicted octanol–water partition coefficient (Wildman–Crippen LogP) is 2.57. The fourth-order valence-corrected chi connectivity index (χ4v) is 1.86. The van der Waals surface area contributed by atoms with Crippen LogP contribution in [0.3, 0.4) is 0 Å². The van der Waals surface area contributed by atoms with Crippen molar-refractivity contribution in [2.75, 3.05) is 18.1 Å². The van der Waals surface area contributed by atoms with Gasteiger partial charge in [0.25, 0.3) is 0 Å². The van der Waals surface area contributed by atoms with E-state index in [9.17, 15) is 4.79 Å². The van der Waals surface area contributed by atoms with Crippen molar-refractivity contribution in [1.82, 2.24) is 0 Å². The van der Waals surface area contributed by atoms with Gasteiger partial charge in [0.1, 0.15) is 12.4 Å². The SMILES string of the molecule is CC(C)Oc1ccc(N2CC(C#N)COC2=O)cc1. The van der Waals surface area contributed by atoms with E-state index >= 15 is 0 Å². The van der Waals surface area contributed by atoms with Gasteiger partial charge in [-0.1, -0.05) is 0 Å². The molecule has 1 aliphatic rings. The third kappa shape index (κ3) is 3.16. The van der Waals surface area contributed by atoms with Gasteiger partial charge in [0.05, 0.1) is 18.1 Å². The molecule has 1 atom stereocenters. The molecule has 1 unspecified atom stereocenters. The summed E-state index contributed by atoms with van der Waals surface area (Å²) in [5, 5.41) is 8.90. The number of cyclic esters (lactones) is 1. The first kappa shape index (κ1) is 13.2. The molecule has 19 heavy (non-hydrogen) atoms. The molecule has 1 aromatic rings. The number of amides is 1. The number of nitriles is 1. The van der Waals surface area contributed by atoms with Crippen LogP contribution in [0.2, 0.25) is 0 Å². The molecule has 1 fully saturated rings. The number of ether oxygens (including phenoxy) is 2. The monoisotopic (exact) mass is 260 g/mol. The Balaban J connectivity index is 2.12. The lowest BCUT2D eigenvalue weighted by atomic mass is 10.1. The maximum absolute atomic E-state index is 11.7. The van der Waals surface area contributed by atoms with Crippen LogP contribution in [0.1, 0.15) is 13.8 Å². The maximum Gasteiger partial charge on any atom is 0.414 e. The van der Waals surface area contributed by atoms with E-state index in [-0.39, 0.29) is 18.6 Å². The van der Waals surface area contributed by atoms with Crippen molar-refractivity contribution in [3.05, 3.63) is 24.3 Å². The summed E-state index contributed by atoms with van der Waals surface area (Å²) < 4.78 is 10.5. The van der Waals surface area contributed by atoms with Crippen LogP contribution in [0.25, 0.3) is 0 Å². The molecule has 5 heteroatoms. The van der Waals surface area contributed by atoms with E-state index in [4.69, 9.17) is 14.7 Å². The lowest BCUT2D eigenvalue weighted by Gasteiger charge is -2.29. The van der Waals surface area contributed by atoms with Crippen LogP contribution in [-0.4, -0.2) is 25.3 Å². The maximum atomic E-state index is 11.7. The van der Waals surface area contributed by atoms with Gasteiger partial charge in [-0.05, 0) is 38.1 Å². The summed E-state index contributed by atoms with van der Waals surface area (Å²) in [5.41, 5.74) is 0.709. The smallest absolute Gasteiger partial charge is 0.414 e. The average molecular weight is 260 g/mol. The van der Waals surface area contributed by atoms with Crippen LogP contribution < -0.4 is 9.64 Å². The summed E-state index contributed by atoms with van der Waals surface area (Å²) in [6.07, 6.45) is -0.308. The van der Waals surface area contributed by atoms with Crippen molar-refractivity contribution >= 4 is 11.8 Å². The van der Waals surface area contributed by atoms with E-state index in [1.807, 2.05) is 13.8 Å². The van der Waals surface area contributed by atoms with Crippen LogP contribution >= 0.6 is 0 Å². The molecule has 0 aliphatic carbocycles. The number of carbonyl (C=O) groups is 1. The van der Waals surface area contributed by atoms with Gasteiger partial charge < -0.3 is 9.47 Å². The van der Waals surface area contributed by atoms with Crippen LogP contribution in [-0.2, 0) is 4.74 Å². The van der Waals surface area contributed by atoms with Gasteiger partial charge in [-0.15, -0.1) is 0 Å². The molecule has 1 heterocycles. The largest absolute Gasteiger partial charge is 0.491 e. The Morgan fingerprint density at radius 2 is 2.11 bits per heavy atom. The second-order valence-electron chi connectivity index (χ2n) is 4.67. The van der Waals surface area contributed by atoms with Gasteiger partial charge in [-0.25, -0.2) is 4.79 Å². The van der Waals surface area contributed by atoms with E-state index in [2.05, 4.69) is 6.07 Å². The van der Waals surface area contributed by atoms with Gasteiger partial charge in [0.2, 0.25) is 0 Å². The van der Waals surface area contributed by atoms with Crippen molar-refractivity contribution in [3.63, 3.8) is 0 Å². The van der Waals surface area contributed by atoms with E-state index in [1.165, 1.54) is 4.90 Å². The first-order valence-corrected chi connectivity index (χ1v) is 6.21. The van der Waals surface area contributed by atoms with E-state index in [0.29, 0.717) is 12.2 Å². The summed E-state index contributed by atoms with van der Waals surface area (Å²) in [4.78, 5) is 13.2. The van der Waals surface area contributed by atoms with Crippen molar-refractivity contribution in [2.45, 2.75) is 20.0 Å². The molecule has 0 aromatic heterocycles. The Labute approximate surface area is 112 Å². The van der Waals surface area contributed by atoms with E-state index < -0.39 is 6.09 Å². The lowest BCUT2D eigenvalue weighted by Crippen LogP contribution is -2.42. The van der Waals surface area contributed by atoms with Gasteiger partial charge in [0.15, 0.2) is 0 Å². The molecule has 1 saturated heterocycles. The second-order valence-corrected chi connectivity index (χ2v) is 4.67. The minimum Gasteiger partial charge on any atom is -0.491 e. The molecule has 1 aliphatic heterocycles.